The summed E-state index contributed by atoms with van der Waals surface area (Å²) in [5, 5.41) is 10.9. The van der Waals surface area contributed by atoms with Crippen LogP contribution >= 0.6 is 0 Å². The second-order valence-electron chi connectivity index (χ2n) is 6.36. The zero-order chi connectivity index (χ0) is 18.1. The summed E-state index contributed by atoms with van der Waals surface area (Å²) in [4.78, 5) is 36.0. The van der Waals surface area contributed by atoms with Gasteiger partial charge in [-0.2, -0.15) is 5.10 Å². The highest BCUT2D eigenvalue weighted by Gasteiger charge is 2.46. The summed E-state index contributed by atoms with van der Waals surface area (Å²) in [6.07, 6.45) is 4.80. The minimum atomic E-state index is -0.290. The molecule has 0 spiro atoms. The van der Waals surface area contributed by atoms with Crippen LogP contribution in [0.1, 0.15) is 16.1 Å². The maximum atomic E-state index is 12.5. The van der Waals surface area contributed by atoms with Crippen LogP contribution in [0.25, 0.3) is 0 Å². The largest absolute Gasteiger partial charge is 0.389 e. The Labute approximate surface area is 149 Å². The van der Waals surface area contributed by atoms with Gasteiger partial charge in [0.25, 0.3) is 11.8 Å². The SMILES string of the molecule is Cn1ccc(C(=O)N2CC3ON=C(C(=O)NCc4cccnc4)C3C2)n1. The standard InChI is InChI=1S/C17H18N6O3/c1-22-6-4-13(20-22)17(25)23-9-12-14(10-23)26-21-15(12)16(24)19-8-11-3-2-5-18-7-11/h2-7,12,14H,8-10H2,1H3,(H,19,24). The Hall–Kier alpha value is -3.23. The molecule has 1 fully saturated rings. The normalized spacial score (nSPS) is 21.1. The van der Waals surface area contributed by atoms with Gasteiger partial charge in [0.1, 0.15) is 5.69 Å². The Kier molecular flexibility index (Phi) is 4.11. The molecule has 0 aliphatic carbocycles. The number of hydrogen-bond acceptors (Lipinski definition) is 6. The number of nitrogens with zero attached hydrogens (tertiary/aromatic N) is 5. The van der Waals surface area contributed by atoms with Gasteiger partial charge in [0.05, 0.1) is 12.5 Å². The highest BCUT2D eigenvalue weighted by Crippen LogP contribution is 2.28. The van der Waals surface area contributed by atoms with Crippen molar-refractivity contribution < 1.29 is 14.4 Å². The molecule has 1 saturated heterocycles. The molecule has 1 N–H and O–H groups in total. The van der Waals surface area contributed by atoms with Gasteiger partial charge in [-0.15, -0.1) is 0 Å². The van der Waals surface area contributed by atoms with Crippen LogP contribution in [-0.2, 0) is 23.2 Å². The van der Waals surface area contributed by atoms with Gasteiger partial charge in [0, 0.05) is 38.7 Å². The van der Waals surface area contributed by atoms with E-state index in [-0.39, 0.29) is 23.8 Å². The molecule has 2 amide bonds. The number of amides is 2. The lowest BCUT2D eigenvalue weighted by atomic mass is 10.0. The quantitative estimate of drug-likeness (QED) is 0.830. The molecule has 2 aromatic heterocycles. The maximum Gasteiger partial charge on any atom is 0.274 e. The average molecular weight is 354 g/mol. The number of nitrogens with one attached hydrogen (secondary N) is 1. The minimum absolute atomic E-state index is 0.168. The zero-order valence-electron chi connectivity index (χ0n) is 14.2. The van der Waals surface area contributed by atoms with Crippen molar-refractivity contribution >= 4 is 17.5 Å². The Morgan fingerprint density at radius 1 is 1.35 bits per heavy atom. The monoisotopic (exact) mass is 354 g/mol. The number of carbonyl (C=O) groups is 2. The fourth-order valence-electron chi connectivity index (χ4n) is 3.18. The number of likely N-dealkylation sites (tertiary alicyclic amines) is 1. The maximum absolute atomic E-state index is 12.5. The van der Waals surface area contributed by atoms with Crippen LogP contribution in [-0.4, -0.2) is 56.4 Å². The molecular formula is C17H18N6O3. The number of hydrogen-bond donors (Lipinski definition) is 1. The van der Waals surface area contributed by atoms with Crippen LogP contribution in [0.5, 0.6) is 0 Å². The van der Waals surface area contributed by atoms with Crippen LogP contribution in [0.2, 0.25) is 0 Å². The second kappa shape index (κ2) is 6.58. The smallest absolute Gasteiger partial charge is 0.274 e. The Morgan fingerprint density at radius 2 is 2.23 bits per heavy atom. The first-order valence-electron chi connectivity index (χ1n) is 8.31. The lowest BCUT2D eigenvalue weighted by Gasteiger charge is -2.15. The van der Waals surface area contributed by atoms with Gasteiger partial charge >= 0.3 is 0 Å². The van der Waals surface area contributed by atoms with Crippen molar-refractivity contribution in [2.24, 2.45) is 18.1 Å². The van der Waals surface area contributed by atoms with Gasteiger partial charge in [-0.05, 0) is 17.7 Å². The lowest BCUT2D eigenvalue weighted by molar-refractivity contribution is -0.115. The van der Waals surface area contributed by atoms with Gasteiger partial charge in [0.2, 0.25) is 0 Å². The van der Waals surface area contributed by atoms with Crippen LogP contribution in [0.3, 0.4) is 0 Å². The molecule has 9 heteroatoms. The molecule has 4 heterocycles. The first kappa shape index (κ1) is 16.2. The first-order chi connectivity index (χ1) is 12.6. The Bertz CT molecular complexity index is 862. The van der Waals surface area contributed by atoms with Gasteiger partial charge in [-0.3, -0.25) is 19.3 Å². The number of carbonyl (C=O) groups excluding carboxylic acids is 2. The van der Waals surface area contributed by atoms with Crippen molar-refractivity contribution in [3.63, 3.8) is 0 Å². The molecule has 26 heavy (non-hydrogen) atoms. The summed E-state index contributed by atoms with van der Waals surface area (Å²) in [5.41, 5.74) is 1.61. The molecular weight excluding hydrogens is 336 g/mol. The molecule has 0 bridgehead atoms. The van der Waals surface area contributed by atoms with E-state index in [1.54, 1.807) is 41.3 Å². The molecule has 2 aliphatic heterocycles. The van der Waals surface area contributed by atoms with Crippen LogP contribution in [0.4, 0.5) is 0 Å². The third kappa shape index (κ3) is 3.03. The Morgan fingerprint density at radius 3 is 2.96 bits per heavy atom. The fourth-order valence-corrected chi connectivity index (χ4v) is 3.18. The molecule has 0 radical (unpaired) electrons. The number of oxime groups is 1. The Balaban J connectivity index is 1.38. The van der Waals surface area contributed by atoms with E-state index >= 15 is 0 Å². The van der Waals surface area contributed by atoms with E-state index in [4.69, 9.17) is 4.84 Å². The number of fused-ring (bicyclic) bond motifs is 1. The second-order valence-corrected chi connectivity index (χ2v) is 6.36. The average Bonchev–Trinajstić information content (AvgIpc) is 3.35. The van der Waals surface area contributed by atoms with Gasteiger partial charge in [0.15, 0.2) is 11.8 Å². The van der Waals surface area contributed by atoms with Gasteiger partial charge < -0.3 is 15.1 Å². The molecule has 2 atom stereocenters. The molecule has 4 rings (SSSR count). The predicted molar refractivity (Wildman–Crippen MR) is 91.0 cm³/mol. The lowest BCUT2D eigenvalue weighted by Crippen LogP contribution is -2.37. The van der Waals surface area contributed by atoms with Crippen molar-refractivity contribution in [1.29, 1.82) is 0 Å². The minimum Gasteiger partial charge on any atom is -0.389 e. The predicted octanol–water partition coefficient (Wildman–Crippen LogP) is -0.0417. The third-order valence-electron chi connectivity index (χ3n) is 4.53. The first-order valence-corrected chi connectivity index (χ1v) is 8.31. The molecule has 134 valence electrons. The molecule has 2 aliphatic rings. The van der Waals surface area contributed by atoms with Crippen molar-refractivity contribution in [2.45, 2.75) is 12.6 Å². The zero-order valence-corrected chi connectivity index (χ0v) is 14.2. The van der Waals surface area contributed by atoms with E-state index < -0.39 is 0 Å². The van der Waals surface area contributed by atoms with Gasteiger partial charge in [-0.25, -0.2) is 0 Å². The van der Waals surface area contributed by atoms with E-state index in [0.717, 1.165) is 5.56 Å². The van der Waals surface area contributed by atoms with Crippen molar-refractivity contribution in [3.05, 3.63) is 48.0 Å². The van der Waals surface area contributed by atoms with Crippen molar-refractivity contribution in [2.75, 3.05) is 13.1 Å². The summed E-state index contributed by atoms with van der Waals surface area (Å²) >= 11 is 0. The van der Waals surface area contributed by atoms with E-state index in [1.165, 1.54) is 0 Å². The number of aromatic nitrogens is 3. The van der Waals surface area contributed by atoms with Crippen molar-refractivity contribution in [1.82, 2.24) is 25.0 Å². The highest BCUT2D eigenvalue weighted by molar-refractivity contribution is 6.40. The van der Waals surface area contributed by atoms with Crippen LogP contribution < -0.4 is 5.32 Å². The van der Waals surface area contributed by atoms with E-state index in [2.05, 4.69) is 20.6 Å². The summed E-state index contributed by atoms with van der Waals surface area (Å²) in [6, 6.07) is 5.37. The summed E-state index contributed by atoms with van der Waals surface area (Å²) in [5.74, 6) is -0.677. The highest BCUT2D eigenvalue weighted by atomic mass is 16.6. The molecule has 2 aromatic rings. The van der Waals surface area contributed by atoms with Crippen LogP contribution in [0.15, 0.2) is 41.9 Å². The molecule has 0 aromatic carbocycles. The summed E-state index contributed by atoms with van der Waals surface area (Å²) < 4.78 is 1.58. The molecule has 9 nitrogen and oxygen atoms in total. The van der Waals surface area contributed by atoms with E-state index in [1.807, 2.05) is 12.1 Å². The van der Waals surface area contributed by atoms with Gasteiger partial charge in [-0.1, -0.05) is 11.2 Å². The van der Waals surface area contributed by atoms with Crippen LogP contribution in [0, 0.1) is 5.92 Å². The molecule has 0 saturated carbocycles. The third-order valence-corrected chi connectivity index (χ3v) is 4.53. The fraction of sp³-hybridized carbons (Fsp3) is 0.353. The van der Waals surface area contributed by atoms with Crippen molar-refractivity contribution in [3.8, 4) is 0 Å². The number of rotatable bonds is 4. The van der Waals surface area contributed by atoms with E-state index in [0.29, 0.717) is 31.0 Å². The van der Waals surface area contributed by atoms with E-state index in [9.17, 15) is 9.59 Å². The number of pyridine rings is 1. The molecule has 2 unspecified atom stereocenters. The summed E-state index contributed by atoms with van der Waals surface area (Å²) in [6.45, 7) is 1.14. The summed E-state index contributed by atoms with van der Waals surface area (Å²) in [7, 11) is 1.76. The number of aryl methyl sites for hydroxylation is 1. The topological polar surface area (TPSA) is 102 Å².